The summed E-state index contributed by atoms with van der Waals surface area (Å²) in [4.78, 5) is 35.1. The molecule has 0 spiro atoms. The molecule has 0 aromatic heterocycles. The molecule has 0 bridgehead atoms. The van der Waals surface area contributed by atoms with Crippen molar-refractivity contribution in [3.8, 4) is 0 Å². The van der Waals surface area contributed by atoms with Gasteiger partial charge in [0.15, 0.2) is 0 Å². The fraction of sp³-hybridized carbons (Fsp3) is 0.0625. The number of hydrogen-bond donors (Lipinski definition) is 1. The smallest absolute Gasteiger partial charge is 0.304 e. The van der Waals surface area contributed by atoms with Gasteiger partial charge in [-0.2, -0.15) is 0 Å². The van der Waals surface area contributed by atoms with Crippen LogP contribution in [0.15, 0.2) is 42.5 Å². The van der Waals surface area contributed by atoms with Crippen molar-refractivity contribution >= 4 is 46.6 Å². The van der Waals surface area contributed by atoms with Gasteiger partial charge < -0.3 is 5.32 Å². The molecule has 1 heterocycles. The van der Waals surface area contributed by atoms with E-state index in [1.54, 1.807) is 0 Å². The summed E-state index contributed by atoms with van der Waals surface area (Å²) >= 11 is 11.7. The monoisotopic (exact) mass is 384 g/mol. The number of halogens is 4. The van der Waals surface area contributed by atoms with E-state index in [4.69, 9.17) is 23.2 Å². The topological polar surface area (TPSA) is 66.5 Å². The molecule has 0 saturated carbocycles. The molecule has 3 amide bonds. The van der Waals surface area contributed by atoms with Gasteiger partial charge in [-0.3, -0.25) is 9.59 Å². The highest BCUT2D eigenvalue weighted by molar-refractivity contribution is 6.54. The van der Waals surface area contributed by atoms with Crippen LogP contribution in [-0.2, 0) is 4.79 Å². The number of ketones is 1. The molecule has 1 N–H and O–H groups in total. The average molecular weight is 385 g/mol. The summed E-state index contributed by atoms with van der Waals surface area (Å²) in [5.74, 6) is -4.97. The molecular weight excluding hydrogens is 377 g/mol. The molecule has 1 unspecified atom stereocenters. The first-order valence-corrected chi connectivity index (χ1v) is 7.61. The van der Waals surface area contributed by atoms with Crippen LogP contribution in [0.2, 0.25) is 5.02 Å². The largest absolute Gasteiger partial charge is 0.330 e. The second kappa shape index (κ2) is 6.09. The van der Waals surface area contributed by atoms with Crippen LogP contribution in [-0.4, -0.2) is 22.7 Å². The summed E-state index contributed by atoms with van der Waals surface area (Å²) < 4.78 is 27.7. The number of alkyl halides is 1. The maximum Gasteiger partial charge on any atom is 0.330 e. The van der Waals surface area contributed by atoms with Gasteiger partial charge in [0, 0.05) is 5.02 Å². The molecule has 2 aromatic carbocycles. The Morgan fingerprint density at radius 2 is 1.60 bits per heavy atom. The number of nitrogens with one attached hydrogen (secondary N) is 1. The minimum absolute atomic E-state index is 0.0937. The van der Waals surface area contributed by atoms with E-state index in [1.165, 1.54) is 24.3 Å². The first kappa shape index (κ1) is 17.3. The number of Topliss-reactive ketones (excluding diaryl/α,β-unsaturated/α-hetero) is 1. The highest BCUT2D eigenvalue weighted by atomic mass is 35.5. The molecule has 5 nitrogen and oxygen atoms in total. The van der Waals surface area contributed by atoms with Crippen molar-refractivity contribution in [2.45, 2.75) is 5.00 Å². The minimum Gasteiger partial charge on any atom is -0.304 e. The van der Waals surface area contributed by atoms with Gasteiger partial charge in [-0.1, -0.05) is 29.3 Å². The molecule has 1 saturated heterocycles. The maximum atomic E-state index is 13.8. The summed E-state index contributed by atoms with van der Waals surface area (Å²) in [6.07, 6.45) is 0. The van der Waals surface area contributed by atoms with Crippen molar-refractivity contribution in [2.24, 2.45) is 0 Å². The minimum atomic E-state index is -2.65. The third kappa shape index (κ3) is 2.75. The molecular formula is C16H8Cl2F2N2O3. The summed E-state index contributed by atoms with van der Waals surface area (Å²) in [5, 5.41) is 2.34. The third-order valence-electron chi connectivity index (χ3n) is 3.57. The second-order valence-electron chi connectivity index (χ2n) is 5.13. The van der Waals surface area contributed by atoms with E-state index in [1.807, 2.05) is 5.32 Å². The zero-order valence-corrected chi connectivity index (χ0v) is 13.7. The van der Waals surface area contributed by atoms with Gasteiger partial charge >= 0.3 is 6.03 Å². The highest BCUT2D eigenvalue weighted by Gasteiger charge is 2.57. The van der Waals surface area contributed by atoms with Crippen LogP contribution in [0, 0.1) is 11.6 Å². The Balaban J connectivity index is 2.03. The van der Waals surface area contributed by atoms with E-state index in [0.717, 1.165) is 18.2 Å². The lowest BCUT2D eigenvalue weighted by atomic mass is 10.0. The van der Waals surface area contributed by atoms with Crippen molar-refractivity contribution in [3.05, 3.63) is 64.7 Å². The predicted molar refractivity (Wildman–Crippen MR) is 86.7 cm³/mol. The Hall–Kier alpha value is -2.51. The van der Waals surface area contributed by atoms with E-state index in [-0.39, 0.29) is 5.69 Å². The number of hydrogen-bond acceptors (Lipinski definition) is 3. The Labute approximate surface area is 150 Å². The van der Waals surface area contributed by atoms with Crippen LogP contribution in [0.25, 0.3) is 0 Å². The number of urea groups is 1. The molecule has 1 aliphatic heterocycles. The normalized spacial score (nSPS) is 19.9. The Morgan fingerprint density at radius 1 is 1.04 bits per heavy atom. The molecule has 25 heavy (non-hydrogen) atoms. The van der Waals surface area contributed by atoms with E-state index < -0.39 is 39.9 Å². The van der Waals surface area contributed by atoms with Crippen molar-refractivity contribution in [2.75, 3.05) is 4.90 Å². The van der Waals surface area contributed by atoms with Crippen LogP contribution < -0.4 is 10.2 Å². The quantitative estimate of drug-likeness (QED) is 0.289. The number of carbonyl (C=O) groups excluding carboxylic acids is 3. The summed E-state index contributed by atoms with van der Waals surface area (Å²) in [6, 6.07) is 7.29. The first-order chi connectivity index (χ1) is 11.8. The summed E-state index contributed by atoms with van der Waals surface area (Å²) in [5.41, 5.74) is -0.916. The lowest BCUT2D eigenvalue weighted by molar-refractivity contribution is -0.118. The molecule has 1 fully saturated rings. The number of anilines is 1. The van der Waals surface area contributed by atoms with Crippen LogP contribution in [0.4, 0.5) is 19.3 Å². The molecule has 1 aliphatic rings. The van der Waals surface area contributed by atoms with Crippen molar-refractivity contribution in [1.29, 1.82) is 0 Å². The number of amides is 3. The summed E-state index contributed by atoms with van der Waals surface area (Å²) in [6.45, 7) is 0. The van der Waals surface area contributed by atoms with Crippen molar-refractivity contribution in [3.63, 3.8) is 0 Å². The maximum absolute atomic E-state index is 13.8. The number of carbonyl (C=O) groups is 3. The number of nitrogens with zero attached hydrogens (tertiary/aromatic N) is 1. The van der Waals surface area contributed by atoms with Gasteiger partial charge in [-0.25, -0.2) is 18.5 Å². The molecule has 0 radical (unpaired) electrons. The molecule has 1 atom stereocenters. The zero-order valence-electron chi connectivity index (χ0n) is 12.2. The molecule has 9 heteroatoms. The van der Waals surface area contributed by atoms with Crippen LogP contribution in [0.3, 0.4) is 0 Å². The number of rotatable bonds is 3. The molecule has 128 valence electrons. The van der Waals surface area contributed by atoms with Crippen LogP contribution in [0.5, 0.6) is 0 Å². The fourth-order valence-corrected chi connectivity index (χ4v) is 2.75. The first-order valence-electron chi connectivity index (χ1n) is 6.85. The lowest BCUT2D eigenvalue weighted by Crippen LogP contribution is -2.49. The predicted octanol–water partition coefficient (Wildman–Crippen LogP) is 3.49. The Bertz CT molecular complexity index is 885. The van der Waals surface area contributed by atoms with Gasteiger partial charge in [0.1, 0.15) is 11.6 Å². The van der Waals surface area contributed by atoms with Crippen LogP contribution >= 0.6 is 23.2 Å². The Morgan fingerprint density at radius 3 is 2.16 bits per heavy atom. The van der Waals surface area contributed by atoms with Gasteiger partial charge in [0.05, 0.1) is 11.3 Å². The molecule has 2 aromatic rings. The SMILES string of the molecule is O=C1NC(Cl)(C(=O)c2c(F)cccc2F)C(=O)N1c1ccc(Cl)cc1. The van der Waals surface area contributed by atoms with Gasteiger partial charge in [0.2, 0.25) is 5.78 Å². The van der Waals surface area contributed by atoms with Gasteiger partial charge in [-0.15, -0.1) is 0 Å². The van der Waals surface area contributed by atoms with Crippen molar-refractivity contribution < 1.29 is 23.2 Å². The zero-order chi connectivity index (χ0) is 18.4. The van der Waals surface area contributed by atoms with E-state index in [9.17, 15) is 23.2 Å². The van der Waals surface area contributed by atoms with E-state index >= 15 is 0 Å². The fourth-order valence-electron chi connectivity index (χ4n) is 2.37. The highest BCUT2D eigenvalue weighted by Crippen LogP contribution is 2.32. The average Bonchev–Trinajstić information content (AvgIpc) is 2.79. The van der Waals surface area contributed by atoms with Crippen molar-refractivity contribution in [1.82, 2.24) is 5.32 Å². The standard InChI is InChI=1S/C16H8Cl2F2N2O3/c17-8-4-6-9(7-5-8)22-14(24)16(18,21-15(22)25)13(23)12-10(19)2-1-3-11(12)20/h1-7H,(H,21,25). The second-order valence-corrected chi connectivity index (χ2v) is 6.13. The van der Waals surface area contributed by atoms with Gasteiger partial charge in [-0.05, 0) is 36.4 Å². The Kier molecular flexibility index (Phi) is 4.22. The third-order valence-corrected chi connectivity index (χ3v) is 4.25. The lowest BCUT2D eigenvalue weighted by Gasteiger charge is -2.18. The summed E-state index contributed by atoms with van der Waals surface area (Å²) in [7, 11) is 0. The van der Waals surface area contributed by atoms with Gasteiger partial charge in [0.25, 0.3) is 10.9 Å². The molecule has 0 aliphatic carbocycles. The molecule has 3 rings (SSSR count). The van der Waals surface area contributed by atoms with Crippen LogP contribution in [0.1, 0.15) is 10.4 Å². The van der Waals surface area contributed by atoms with E-state index in [2.05, 4.69) is 0 Å². The number of imide groups is 1. The number of benzene rings is 2. The van der Waals surface area contributed by atoms with E-state index in [0.29, 0.717) is 9.92 Å².